The topological polar surface area (TPSA) is 40.6 Å². The number of likely N-dealkylation sites (tertiary alicyclic amines) is 1. The molecule has 2 aromatic carbocycles. The summed E-state index contributed by atoms with van der Waals surface area (Å²) in [6.45, 7) is 1.15. The number of benzene rings is 2. The highest BCUT2D eigenvalue weighted by Crippen LogP contribution is 2.26. The molecule has 1 saturated heterocycles. The molecule has 0 aromatic heterocycles. The second-order valence-electron chi connectivity index (χ2n) is 7.66. The molecule has 2 aliphatic rings. The average molecular weight is 362 g/mol. The molecular weight excluding hydrogens is 336 g/mol. The van der Waals surface area contributed by atoms with Gasteiger partial charge in [-0.1, -0.05) is 24.3 Å². The van der Waals surface area contributed by atoms with Gasteiger partial charge in [-0.3, -0.25) is 9.59 Å². The Kier molecular flexibility index (Phi) is 4.97. The van der Waals surface area contributed by atoms with Gasteiger partial charge in [-0.15, -0.1) is 0 Å². The van der Waals surface area contributed by atoms with Gasteiger partial charge in [-0.05, 0) is 67.5 Å². The second kappa shape index (κ2) is 7.55. The largest absolute Gasteiger partial charge is 0.338 e. The van der Waals surface area contributed by atoms with E-state index in [9.17, 15) is 9.59 Å². The Morgan fingerprint density at radius 3 is 2.52 bits per heavy atom. The molecule has 2 aromatic rings. The minimum absolute atomic E-state index is 0.0565. The average Bonchev–Trinajstić information content (AvgIpc) is 3.22. The lowest BCUT2D eigenvalue weighted by molar-refractivity contribution is -0.121. The number of carbonyl (C=O) groups excluding carboxylic acids is 2. The third-order valence-corrected chi connectivity index (χ3v) is 5.89. The Balaban J connectivity index is 1.43. The van der Waals surface area contributed by atoms with Gasteiger partial charge in [0.25, 0.3) is 5.91 Å². The van der Waals surface area contributed by atoms with Gasteiger partial charge < -0.3 is 9.80 Å². The Morgan fingerprint density at radius 1 is 1.00 bits per heavy atom. The fraction of sp³-hybridized carbons (Fsp3) is 0.391. The predicted octanol–water partition coefficient (Wildman–Crippen LogP) is 3.69. The van der Waals surface area contributed by atoms with Gasteiger partial charge in [0.15, 0.2) is 0 Å². The van der Waals surface area contributed by atoms with E-state index < -0.39 is 0 Å². The van der Waals surface area contributed by atoms with Crippen molar-refractivity contribution in [3.8, 4) is 0 Å². The van der Waals surface area contributed by atoms with Crippen LogP contribution in [0.1, 0.15) is 40.7 Å². The second-order valence-corrected chi connectivity index (χ2v) is 7.66. The number of aryl methyl sites for hydroxylation is 2. The molecule has 4 nitrogen and oxygen atoms in total. The summed E-state index contributed by atoms with van der Waals surface area (Å²) in [7, 11) is 1.81. The van der Waals surface area contributed by atoms with Crippen molar-refractivity contribution >= 4 is 17.5 Å². The van der Waals surface area contributed by atoms with Crippen LogP contribution >= 0.6 is 0 Å². The van der Waals surface area contributed by atoms with Gasteiger partial charge in [-0.25, -0.2) is 0 Å². The van der Waals surface area contributed by atoms with Crippen LogP contribution in [0, 0.1) is 5.92 Å². The number of hydrogen-bond acceptors (Lipinski definition) is 2. The van der Waals surface area contributed by atoms with Gasteiger partial charge in [0.1, 0.15) is 0 Å². The first-order valence-corrected chi connectivity index (χ1v) is 9.87. The van der Waals surface area contributed by atoms with E-state index in [0.29, 0.717) is 13.1 Å². The summed E-state index contributed by atoms with van der Waals surface area (Å²) in [5, 5.41) is 0. The molecule has 1 aliphatic heterocycles. The van der Waals surface area contributed by atoms with E-state index in [-0.39, 0.29) is 17.7 Å². The van der Waals surface area contributed by atoms with Crippen molar-refractivity contribution in [2.75, 3.05) is 25.0 Å². The summed E-state index contributed by atoms with van der Waals surface area (Å²) >= 11 is 0. The lowest BCUT2D eigenvalue weighted by atomic mass is 9.90. The Labute approximate surface area is 160 Å². The van der Waals surface area contributed by atoms with Crippen molar-refractivity contribution in [3.05, 3.63) is 65.2 Å². The van der Waals surface area contributed by atoms with E-state index >= 15 is 0 Å². The minimum Gasteiger partial charge on any atom is -0.338 e. The zero-order chi connectivity index (χ0) is 18.8. The van der Waals surface area contributed by atoms with Crippen LogP contribution < -0.4 is 4.90 Å². The molecule has 0 unspecified atom stereocenters. The first-order valence-electron chi connectivity index (χ1n) is 9.87. The van der Waals surface area contributed by atoms with Gasteiger partial charge in [0, 0.05) is 31.4 Å². The molecule has 4 rings (SSSR count). The standard InChI is InChI=1S/C23H26N2O2/c1-24(21-9-3-2-4-10-21)22(26)20-13-14-25(16-20)23(27)19-12-11-17-7-5-6-8-18(17)15-19/h2-4,9-12,15,20H,5-8,13-14,16H2,1H3/t20-/m0/s1. The molecule has 1 heterocycles. The highest BCUT2D eigenvalue weighted by Gasteiger charge is 2.33. The van der Waals surface area contributed by atoms with Crippen LogP contribution in [0.15, 0.2) is 48.5 Å². The minimum atomic E-state index is -0.128. The number of fused-ring (bicyclic) bond motifs is 1. The van der Waals surface area contributed by atoms with Crippen LogP contribution in [0.5, 0.6) is 0 Å². The van der Waals surface area contributed by atoms with E-state index in [4.69, 9.17) is 0 Å². The van der Waals surface area contributed by atoms with Crippen LogP contribution in [-0.4, -0.2) is 36.9 Å². The van der Waals surface area contributed by atoms with Gasteiger partial charge in [0.2, 0.25) is 5.91 Å². The van der Waals surface area contributed by atoms with Crippen LogP contribution in [0.25, 0.3) is 0 Å². The maximum Gasteiger partial charge on any atom is 0.253 e. The van der Waals surface area contributed by atoms with E-state index in [0.717, 1.165) is 30.5 Å². The first-order chi connectivity index (χ1) is 13.1. The maximum atomic E-state index is 12.9. The third kappa shape index (κ3) is 3.61. The normalized spacial score (nSPS) is 18.9. The number of anilines is 1. The molecule has 1 atom stereocenters. The van der Waals surface area contributed by atoms with Crippen LogP contribution in [0.3, 0.4) is 0 Å². The molecule has 27 heavy (non-hydrogen) atoms. The molecule has 0 bridgehead atoms. The molecular formula is C23H26N2O2. The van der Waals surface area contributed by atoms with Crippen LogP contribution in [0.4, 0.5) is 5.69 Å². The summed E-state index contributed by atoms with van der Waals surface area (Å²) in [5.74, 6) is 0.0137. The fourth-order valence-corrected chi connectivity index (χ4v) is 4.25. The number of carbonyl (C=O) groups is 2. The Bertz CT molecular complexity index is 847. The lowest BCUT2D eigenvalue weighted by Crippen LogP contribution is -2.36. The van der Waals surface area contributed by atoms with Crippen LogP contribution in [0.2, 0.25) is 0 Å². The van der Waals surface area contributed by atoms with Gasteiger partial charge in [-0.2, -0.15) is 0 Å². The third-order valence-electron chi connectivity index (χ3n) is 5.89. The highest BCUT2D eigenvalue weighted by atomic mass is 16.2. The van der Waals surface area contributed by atoms with Crippen LogP contribution in [-0.2, 0) is 17.6 Å². The molecule has 4 heteroatoms. The predicted molar refractivity (Wildman–Crippen MR) is 107 cm³/mol. The quantitative estimate of drug-likeness (QED) is 0.835. The van der Waals surface area contributed by atoms with Crippen molar-refractivity contribution < 1.29 is 9.59 Å². The molecule has 0 spiro atoms. The summed E-state index contributed by atoms with van der Waals surface area (Å²) in [6, 6.07) is 15.8. The van der Waals surface area contributed by atoms with Gasteiger partial charge >= 0.3 is 0 Å². The fourth-order valence-electron chi connectivity index (χ4n) is 4.25. The van der Waals surface area contributed by atoms with E-state index in [1.165, 1.54) is 24.0 Å². The Hall–Kier alpha value is -2.62. The summed E-state index contributed by atoms with van der Waals surface area (Å²) in [4.78, 5) is 29.3. The van der Waals surface area contributed by atoms with E-state index in [2.05, 4.69) is 12.1 Å². The molecule has 0 radical (unpaired) electrons. The SMILES string of the molecule is CN(C(=O)[C@H]1CCN(C(=O)c2ccc3c(c2)CCCC3)C1)c1ccccc1. The highest BCUT2D eigenvalue weighted by molar-refractivity contribution is 5.97. The molecule has 140 valence electrons. The number of amides is 2. The first kappa shape index (κ1) is 17.8. The van der Waals surface area contributed by atoms with Crippen molar-refractivity contribution in [2.24, 2.45) is 5.92 Å². The van der Waals surface area contributed by atoms with Gasteiger partial charge in [0.05, 0.1) is 5.92 Å². The summed E-state index contributed by atoms with van der Waals surface area (Å²) in [5.41, 5.74) is 4.36. The van der Waals surface area contributed by atoms with Crippen molar-refractivity contribution in [3.63, 3.8) is 0 Å². The van der Waals surface area contributed by atoms with Crippen molar-refractivity contribution in [1.29, 1.82) is 0 Å². The number of nitrogens with zero attached hydrogens (tertiary/aromatic N) is 2. The molecule has 1 aliphatic carbocycles. The molecule has 0 N–H and O–H groups in total. The Morgan fingerprint density at radius 2 is 1.74 bits per heavy atom. The zero-order valence-corrected chi connectivity index (χ0v) is 15.9. The number of para-hydroxylation sites is 1. The lowest BCUT2D eigenvalue weighted by Gasteiger charge is -2.22. The van der Waals surface area contributed by atoms with E-state index in [1.807, 2.05) is 48.3 Å². The maximum absolute atomic E-state index is 12.9. The summed E-state index contributed by atoms with van der Waals surface area (Å²) < 4.78 is 0. The summed E-state index contributed by atoms with van der Waals surface area (Å²) in [6.07, 6.45) is 5.37. The smallest absolute Gasteiger partial charge is 0.253 e. The molecule has 1 fully saturated rings. The zero-order valence-electron chi connectivity index (χ0n) is 15.9. The van der Waals surface area contributed by atoms with E-state index in [1.54, 1.807) is 4.90 Å². The number of rotatable bonds is 3. The number of hydrogen-bond donors (Lipinski definition) is 0. The molecule has 0 saturated carbocycles. The van der Waals surface area contributed by atoms with Crippen molar-refractivity contribution in [1.82, 2.24) is 4.90 Å². The molecule has 2 amide bonds. The van der Waals surface area contributed by atoms with Crippen molar-refractivity contribution in [2.45, 2.75) is 32.1 Å². The monoisotopic (exact) mass is 362 g/mol.